The molecule has 0 fully saturated rings. The number of nitrogens with one attached hydrogen (secondary N) is 1. The van der Waals surface area contributed by atoms with E-state index in [1.807, 2.05) is 13.8 Å². The summed E-state index contributed by atoms with van der Waals surface area (Å²) in [5, 5.41) is 3.14. The zero-order valence-electron chi connectivity index (χ0n) is 9.49. The van der Waals surface area contributed by atoms with Gasteiger partial charge >= 0.3 is 0 Å². The summed E-state index contributed by atoms with van der Waals surface area (Å²) < 4.78 is 27.8. The van der Waals surface area contributed by atoms with E-state index in [0.29, 0.717) is 10.9 Å². The third-order valence-corrected chi connectivity index (χ3v) is 2.90. The predicted octanol–water partition coefficient (Wildman–Crippen LogP) is 4.18. The van der Waals surface area contributed by atoms with E-state index in [1.54, 1.807) is 0 Å². The quantitative estimate of drug-likeness (QED) is 0.858. The van der Waals surface area contributed by atoms with Gasteiger partial charge in [0.2, 0.25) is 0 Å². The average molecular weight is 292 g/mol. The summed E-state index contributed by atoms with van der Waals surface area (Å²) in [7, 11) is 0. The highest BCUT2D eigenvalue weighted by Gasteiger charge is 2.18. The zero-order valence-corrected chi connectivity index (χ0v) is 11.1. The first-order valence-electron chi connectivity index (χ1n) is 5.48. The van der Waals surface area contributed by atoms with Crippen molar-refractivity contribution in [1.29, 1.82) is 0 Å². The smallest absolute Gasteiger partial charge is 0.132 e. The van der Waals surface area contributed by atoms with E-state index in [0.717, 1.165) is 13.0 Å². The molecule has 1 rings (SSSR count). The van der Waals surface area contributed by atoms with Crippen LogP contribution in [0, 0.1) is 11.6 Å². The van der Waals surface area contributed by atoms with Crippen molar-refractivity contribution in [3.8, 4) is 0 Å². The number of halogens is 3. The van der Waals surface area contributed by atoms with Gasteiger partial charge in [0.1, 0.15) is 11.6 Å². The lowest BCUT2D eigenvalue weighted by Crippen LogP contribution is -2.23. The number of hydrogen-bond acceptors (Lipinski definition) is 1. The first kappa shape index (κ1) is 13.6. The molecular weight excluding hydrogens is 276 g/mol. The lowest BCUT2D eigenvalue weighted by Gasteiger charge is -2.18. The molecule has 1 aromatic carbocycles. The molecule has 0 aliphatic heterocycles. The Kier molecular flexibility index (Phi) is 5.35. The van der Waals surface area contributed by atoms with Gasteiger partial charge in [-0.05, 0) is 31.5 Å². The molecule has 1 unspecified atom stereocenters. The van der Waals surface area contributed by atoms with Gasteiger partial charge < -0.3 is 5.32 Å². The van der Waals surface area contributed by atoms with Gasteiger partial charge in [0.25, 0.3) is 0 Å². The molecule has 0 amide bonds. The summed E-state index contributed by atoms with van der Waals surface area (Å²) in [5.41, 5.74) is 0.138. The van der Waals surface area contributed by atoms with Gasteiger partial charge in [-0.15, -0.1) is 0 Å². The zero-order chi connectivity index (χ0) is 12.1. The largest absolute Gasteiger partial charge is 0.310 e. The van der Waals surface area contributed by atoms with Crippen molar-refractivity contribution < 1.29 is 8.78 Å². The van der Waals surface area contributed by atoms with E-state index in [4.69, 9.17) is 0 Å². The molecule has 4 heteroatoms. The minimum absolute atomic E-state index is 0.138. The molecule has 1 atom stereocenters. The molecule has 0 spiro atoms. The molecular formula is C12H16BrF2N. The fraction of sp³-hybridized carbons (Fsp3) is 0.500. The Morgan fingerprint density at radius 2 is 1.81 bits per heavy atom. The van der Waals surface area contributed by atoms with Gasteiger partial charge in [0.05, 0.1) is 0 Å². The second-order valence-corrected chi connectivity index (χ2v) is 4.61. The molecule has 1 nitrogen and oxygen atoms in total. The maximum absolute atomic E-state index is 13.7. The molecule has 0 aliphatic rings. The van der Waals surface area contributed by atoms with Crippen LogP contribution in [0.4, 0.5) is 8.78 Å². The molecule has 0 radical (unpaired) electrons. The first-order chi connectivity index (χ1) is 7.60. The van der Waals surface area contributed by atoms with Crippen LogP contribution >= 0.6 is 15.9 Å². The minimum atomic E-state index is -0.498. The van der Waals surface area contributed by atoms with E-state index in [-0.39, 0.29) is 11.6 Å². The van der Waals surface area contributed by atoms with Crippen LogP contribution in [0.25, 0.3) is 0 Å². The van der Waals surface area contributed by atoms with E-state index in [1.165, 1.54) is 12.1 Å². The van der Waals surface area contributed by atoms with E-state index < -0.39 is 11.6 Å². The topological polar surface area (TPSA) is 12.0 Å². The second-order valence-electron chi connectivity index (χ2n) is 3.70. The Morgan fingerprint density at radius 1 is 1.25 bits per heavy atom. The van der Waals surface area contributed by atoms with Crippen LogP contribution < -0.4 is 5.32 Å². The highest BCUT2D eigenvalue weighted by atomic mass is 79.9. The lowest BCUT2D eigenvalue weighted by molar-refractivity contribution is 0.457. The third kappa shape index (κ3) is 3.25. The Labute approximate surface area is 103 Å². The standard InChI is InChI=1S/C12H16BrF2N/c1-3-5-16-11(4-2)12-9(14)6-8(13)7-10(12)15/h6-7,11,16H,3-5H2,1-2H3. The van der Waals surface area contributed by atoms with Crippen LogP contribution in [0.15, 0.2) is 16.6 Å². The van der Waals surface area contributed by atoms with Crippen molar-refractivity contribution in [2.24, 2.45) is 0 Å². The Morgan fingerprint density at radius 3 is 2.25 bits per heavy atom. The van der Waals surface area contributed by atoms with Gasteiger partial charge in [0, 0.05) is 16.1 Å². The van der Waals surface area contributed by atoms with Gasteiger partial charge in [-0.2, -0.15) is 0 Å². The molecule has 0 heterocycles. The molecule has 1 N–H and O–H groups in total. The first-order valence-corrected chi connectivity index (χ1v) is 6.27. The van der Waals surface area contributed by atoms with Crippen molar-refractivity contribution in [2.45, 2.75) is 32.7 Å². The summed E-state index contributed by atoms with van der Waals surface area (Å²) in [6.07, 6.45) is 1.60. The Balaban J connectivity index is 2.99. The second kappa shape index (κ2) is 6.30. The van der Waals surface area contributed by atoms with Crippen LogP contribution in [-0.2, 0) is 0 Å². The molecule has 90 valence electrons. The highest BCUT2D eigenvalue weighted by molar-refractivity contribution is 9.10. The normalized spacial score (nSPS) is 12.8. The SMILES string of the molecule is CCCNC(CC)c1c(F)cc(Br)cc1F. The van der Waals surface area contributed by atoms with Crippen LogP contribution in [0.3, 0.4) is 0 Å². The summed E-state index contributed by atoms with van der Waals surface area (Å²) in [5.74, 6) is -0.996. The number of rotatable bonds is 5. The fourth-order valence-corrected chi connectivity index (χ4v) is 2.06. The minimum Gasteiger partial charge on any atom is -0.310 e. The monoisotopic (exact) mass is 291 g/mol. The average Bonchev–Trinajstić information content (AvgIpc) is 2.21. The maximum Gasteiger partial charge on any atom is 0.132 e. The summed E-state index contributed by atoms with van der Waals surface area (Å²) in [6, 6.07) is 2.34. The van der Waals surface area contributed by atoms with Crippen LogP contribution in [0.2, 0.25) is 0 Å². The van der Waals surface area contributed by atoms with Crippen molar-refractivity contribution in [3.05, 3.63) is 33.8 Å². The maximum atomic E-state index is 13.7. The molecule has 0 aliphatic carbocycles. The fourth-order valence-electron chi connectivity index (χ4n) is 1.66. The summed E-state index contributed by atoms with van der Waals surface area (Å²) >= 11 is 3.07. The predicted molar refractivity (Wildman–Crippen MR) is 65.4 cm³/mol. The summed E-state index contributed by atoms with van der Waals surface area (Å²) in [6.45, 7) is 4.69. The van der Waals surface area contributed by atoms with Crippen molar-refractivity contribution in [2.75, 3.05) is 6.54 Å². The number of benzene rings is 1. The van der Waals surface area contributed by atoms with Gasteiger partial charge in [-0.25, -0.2) is 8.78 Å². The van der Waals surface area contributed by atoms with Crippen LogP contribution in [-0.4, -0.2) is 6.54 Å². The van der Waals surface area contributed by atoms with Gasteiger partial charge in [0.15, 0.2) is 0 Å². The molecule has 0 bridgehead atoms. The van der Waals surface area contributed by atoms with Gasteiger partial charge in [-0.1, -0.05) is 29.8 Å². The lowest BCUT2D eigenvalue weighted by atomic mass is 10.0. The molecule has 1 aromatic rings. The number of hydrogen-bond donors (Lipinski definition) is 1. The molecule has 16 heavy (non-hydrogen) atoms. The van der Waals surface area contributed by atoms with E-state index in [9.17, 15) is 8.78 Å². The third-order valence-electron chi connectivity index (χ3n) is 2.44. The Bertz CT molecular complexity index is 332. The molecule has 0 saturated carbocycles. The van der Waals surface area contributed by atoms with Crippen molar-refractivity contribution >= 4 is 15.9 Å². The Hall–Kier alpha value is -0.480. The molecule has 0 aromatic heterocycles. The summed E-state index contributed by atoms with van der Waals surface area (Å²) in [4.78, 5) is 0. The van der Waals surface area contributed by atoms with E-state index in [2.05, 4.69) is 21.2 Å². The van der Waals surface area contributed by atoms with Crippen LogP contribution in [0.1, 0.15) is 38.3 Å². The van der Waals surface area contributed by atoms with Gasteiger partial charge in [-0.3, -0.25) is 0 Å². The van der Waals surface area contributed by atoms with E-state index >= 15 is 0 Å². The van der Waals surface area contributed by atoms with Crippen molar-refractivity contribution in [1.82, 2.24) is 5.32 Å². The van der Waals surface area contributed by atoms with Crippen molar-refractivity contribution in [3.63, 3.8) is 0 Å². The van der Waals surface area contributed by atoms with Crippen LogP contribution in [0.5, 0.6) is 0 Å². The molecule has 0 saturated heterocycles. The highest BCUT2D eigenvalue weighted by Crippen LogP contribution is 2.26.